The van der Waals surface area contributed by atoms with Crippen LogP contribution in [0.15, 0.2) is 12.1 Å². The van der Waals surface area contributed by atoms with Crippen LogP contribution in [0.1, 0.15) is 31.7 Å². The minimum atomic E-state index is 0.0606. The molecule has 0 aromatic heterocycles. The molecule has 1 aromatic carbocycles. The SMILES string of the molecule is CCC(N)Cc1cc(Cl)cc(OC)c1OC1CCCOC1. The summed E-state index contributed by atoms with van der Waals surface area (Å²) in [6, 6.07) is 3.78. The van der Waals surface area contributed by atoms with Crippen LogP contribution in [-0.2, 0) is 11.2 Å². The number of hydrogen-bond acceptors (Lipinski definition) is 4. The van der Waals surface area contributed by atoms with Crippen molar-refractivity contribution in [2.45, 2.75) is 44.8 Å². The van der Waals surface area contributed by atoms with Crippen LogP contribution in [0, 0.1) is 0 Å². The topological polar surface area (TPSA) is 53.7 Å². The second-order valence-corrected chi connectivity index (χ2v) is 5.86. The van der Waals surface area contributed by atoms with Gasteiger partial charge in [-0.25, -0.2) is 0 Å². The summed E-state index contributed by atoms with van der Waals surface area (Å²) >= 11 is 6.17. The predicted octanol–water partition coefficient (Wildman–Crippen LogP) is 3.19. The lowest BCUT2D eigenvalue weighted by Crippen LogP contribution is -2.29. The molecule has 1 fully saturated rings. The van der Waals surface area contributed by atoms with Crippen molar-refractivity contribution in [2.75, 3.05) is 20.3 Å². The number of methoxy groups -OCH3 is 1. The summed E-state index contributed by atoms with van der Waals surface area (Å²) in [7, 11) is 1.62. The van der Waals surface area contributed by atoms with E-state index in [-0.39, 0.29) is 12.1 Å². The Balaban J connectivity index is 2.25. The third-order valence-corrected chi connectivity index (χ3v) is 3.94. The first kappa shape index (κ1) is 16.4. The van der Waals surface area contributed by atoms with Crippen LogP contribution in [0.3, 0.4) is 0 Å². The average Bonchev–Trinajstić information content (AvgIpc) is 2.50. The molecule has 0 aliphatic carbocycles. The van der Waals surface area contributed by atoms with Gasteiger partial charge in [-0.1, -0.05) is 18.5 Å². The standard InChI is InChI=1S/C16H24ClNO3/c1-3-13(18)8-11-7-12(17)9-15(19-2)16(11)21-14-5-4-6-20-10-14/h7,9,13-14H,3-6,8,10,18H2,1-2H3. The Morgan fingerprint density at radius 1 is 1.48 bits per heavy atom. The fourth-order valence-corrected chi connectivity index (χ4v) is 2.69. The van der Waals surface area contributed by atoms with Gasteiger partial charge in [0.2, 0.25) is 0 Å². The molecule has 118 valence electrons. The van der Waals surface area contributed by atoms with Crippen LogP contribution in [0.2, 0.25) is 5.02 Å². The zero-order valence-corrected chi connectivity index (χ0v) is 13.5. The number of benzene rings is 1. The Labute approximate surface area is 131 Å². The molecule has 1 saturated heterocycles. The molecule has 1 aliphatic rings. The zero-order chi connectivity index (χ0) is 15.2. The molecule has 2 atom stereocenters. The van der Waals surface area contributed by atoms with E-state index in [1.54, 1.807) is 13.2 Å². The van der Waals surface area contributed by atoms with E-state index in [2.05, 4.69) is 6.92 Å². The van der Waals surface area contributed by atoms with Gasteiger partial charge in [-0.05, 0) is 31.7 Å². The van der Waals surface area contributed by atoms with Crippen LogP contribution >= 0.6 is 11.6 Å². The largest absolute Gasteiger partial charge is 0.493 e. The van der Waals surface area contributed by atoms with E-state index in [0.29, 0.717) is 17.4 Å². The summed E-state index contributed by atoms with van der Waals surface area (Å²) in [6.07, 6.45) is 3.69. The molecule has 0 amide bonds. The van der Waals surface area contributed by atoms with Crippen molar-refractivity contribution in [2.24, 2.45) is 5.73 Å². The quantitative estimate of drug-likeness (QED) is 0.876. The molecule has 2 unspecified atom stereocenters. The summed E-state index contributed by atoms with van der Waals surface area (Å²) in [4.78, 5) is 0. The number of hydrogen-bond donors (Lipinski definition) is 1. The van der Waals surface area contributed by atoms with Crippen LogP contribution in [0.4, 0.5) is 0 Å². The van der Waals surface area contributed by atoms with Crippen molar-refractivity contribution >= 4 is 11.6 Å². The van der Waals surface area contributed by atoms with E-state index in [1.165, 1.54) is 0 Å². The molecule has 2 rings (SSSR count). The van der Waals surface area contributed by atoms with Crippen LogP contribution in [0.25, 0.3) is 0 Å². The molecule has 5 heteroatoms. The van der Waals surface area contributed by atoms with E-state index in [1.807, 2.05) is 6.07 Å². The Morgan fingerprint density at radius 3 is 2.90 bits per heavy atom. The summed E-state index contributed by atoms with van der Waals surface area (Å²) in [5.41, 5.74) is 7.08. The number of nitrogens with two attached hydrogens (primary N) is 1. The molecule has 1 aromatic rings. The maximum atomic E-state index is 6.17. The van der Waals surface area contributed by atoms with Crippen molar-refractivity contribution in [1.29, 1.82) is 0 Å². The van der Waals surface area contributed by atoms with Crippen LogP contribution in [0.5, 0.6) is 11.5 Å². The Morgan fingerprint density at radius 2 is 2.29 bits per heavy atom. The first-order valence-electron chi connectivity index (χ1n) is 7.50. The molecular formula is C16H24ClNO3. The fourth-order valence-electron chi connectivity index (χ4n) is 2.46. The molecular weight excluding hydrogens is 290 g/mol. The van der Waals surface area contributed by atoms with E-state index in [9.17, 15) is 0 Å². The maximum absolute atomic E-state index is 6.17. The average molecular weight is 314 g/mol. The van der Waals surface area contributed by atoms with Gasteiger partial charge in [0.15, 0.2) is 11.5 Å². The normalized spacial score (nSPS) is 20.1. The minimum absolute atomic E-state index is 0.0606. The highest BCUT2D eigenvalue weighted by Crippen LogP contribution is 2.37. The number of ether oxygens (including phenoxy) is 3. The minimum Gasteiger partial charge on any atom is -0.493 e. The van der Waals surface area contributed by atoms with Crippen LogP contribution in [-0.4, -0.2) is 32.5 Å². The molecule has 21 heavy (non-hydrogen) atoms. The van der Waals surface area contributed by atoms with Gasteiger partial charge in [-0.3, -0.25) is 0 Å². The fraction of sp³-hybridized carbons (Fsp3) is 0.625. The lowest BCUT2D eigenvalue weighted by atomic mass is 10.0. The van der Waals surface area contributed by atoms with Gasteiger partial charge in [0.25, 0.3) is 0 Å². The molecule has 1 aliphatic heterocycles. The monoisotopic (exact) mass is 313 g/mol. The molecule has 0 saturated carbocycles. The van der Waals surface area contributed by atoms with E-state index < -0.39 is 0 Å². The van der Waals surface area contributed by atoms with Crippen molar-refractivity contribution in [3.63, 3.8) is 0 Å². The Kier molecular flexibility index (Phi) is 6.15. The van der Waals surface area contributed by atoms with E-state index in [0.717, 1.165) is 43.6 Å². The van der Waals surface area contributed by atoms with Gasteiger partial charge in [0.05, 0.1) is 13.7 Å². The Hall–Kier alpha value is -0.970. The number of halogens is 1. The van der Waals surface area contributed by atoms with Gasteiger partial charge < -0.3 is 19.9 Å². The van der Waals surface area contributed by atoms with E-state index >= 15 is 0 Å². The maximum Gasteiger partial charge on any atom is 0.165 e. The van der Waals surface area contributed by atoms with Crippen molar-refractivity contribution in [3.8, 4) is 11.5 Å². The van der Waals surface area contributed by atoms with Crippen molar-refractivity contribution in [1.82, 2.24) is 0 Å². The summed E-state index contributed by atoms with van der Waals surface area (Å²) in [5.74, 6) is 1.41. The van der Waals surface area contributed by atoms with Crippen molar-refractivity contribution in [3.05, 3.63) is 22.7 Å². The van der Waals surface area contributed by atoms with Gasteiger partial charge in [0, 0.05) is 29.3 Å². The van der Waals surface area contributed by atoms with Gasteiger partial charge in [-0.2, -0.15) is 0 Å². The summed E-state index contributed by atoms with van der Waals surface area (Å²) in [5, 5.41) is 0.636. The first-order chi connectivity index (χ1) is 10.1. The third kappa shape index (κ3) is 4.50. The highest BCUT2D eigenvalue weighted by molar-refractivity contribution is 6.30. The molecule has 4 nitrogen and oxygen atoms in total. The Bertz CT molecular complexity index is 461. The predicted molar refractivity (Wildman–Crippen MR) is 84.4 cm³/mol. The van der Waals surface area contributed by atoms with Gasteiger partial charge in [0.1, 0.15) is 6.10 Å². The lowest BCUT2D eigenvalue weighted by molar-refractivity contribution is 0.00601. The third-order valence-electron chi connectivity index (χ3n) is 3.73. The lowest BCUT2D eigenvalue weighted by Gasteiger charge is -2.26. The summed E-state index contributed by atoms with van der Waals surface area (Å²) in [6.45, 7) is 3.50. The molecule has 0 radical (unpaired) electrons. The van der Waals surface area contributed by atoms with Crippen LogP contribution < -0.4 is 15.2 Å². The summed E-state index contributed by atoms with van der Waals surface area (Å²) < 4.78 is 17.1. The highest BCUT2D eigenvalue weighted by atomic mass is 35.5. The zero-order valence-electron chi connectivity index (χ0n) is 12.7. The van der Waals surface area contributed by atoms with Gasteiger partial charge >= 0.3 is 0 Å². The van der Waals surface area contributed by atoms with Crippen molar-refractivity contribution < 1.29 is 14.2 Å². The molecule has 1 heterocycles. The smallest absolute Gasteiger partial charge is 0.165 e. The second kappa shape index (κ2) is 7.87. The second-order valence-electron chi connectivity index (χ2n) is 5.43. The molecule has 0 bridgehead atoms. The van der Waals surface area contributed by atoms with Gasteiger partial charge in [-0.15, -0.1) is 0 Å². The molecule has 0 spiro atoms. The van der Waals surface area contributed by atoms with E-state index in [4.69, 9.17) is 31.5 Å². The molecule has 2 N–H and O–H groups in total. The highest BCUT2D eigenvalue weighted by Gasteiger charge is 2.21. The number of rotatable bonds is 6. The first-order valence-corrected chi connectivity index (χ1v) is 7.88.